The third-order valence-corrected chi connectivity index (χ3v) is 3.97. The molecule has 6 nitrogen and oxygen atoms in total. The van der Waals surface area contributed by atoms with Gasteiger partial charge in [-0.25, -0.2) is 9.67 Å². The van der Waals surface area contributed by atoms with Gasteiger partial charge in [0, 0.05) is 20.7 Å². The van der Waals surface area contributed by atoms with Gasteiger partial charge in [0.15, 0.2) is 5.11 Å². The maximum atomic E-state index is 5.39. The molecule has 0 radical (unpaired) electrons. The van der Waals surface area contributed by atoms with E-state index >= 15 is 0 Å². The van der Waals surface area contributed by atoms with E-state index in [0.29, 0.717) is 18.3 Å². The first-order chi connectivity index (χ1) is 10.6. The number of aromatic nitrogens is 3. The fourth-order valence-electron chi connectivity index (χ4n) is 2.03. The van der Waals surface area contributed by atoms with E-state index in [1.165, 1.54) is 11.9 Å². The van der Waals surface area contributed by atoms with Crippen LogP contribution in [-0.4, -0.2) is 52.1 Å². The molecule has 1 heterocycles. The van der Waals surface area contributed by atoms with Crippen molar-refractivity contribution >= 4 is 17.3 Å². The average molecular weight is 319 g/mol. The third kappa shape index (κ3) is 4.02. The Morgan fingerprint density at radius 2 is 2.14 bits per heavy atom. The summed E-state index contributed by atoms with van der Waals surface area (Å²) in [6, 6.07) is 8.38. The number of nitrogens with one attached hydrogen (secondary N) is 1. The van der Waals surface area contributed by atoms with E-state index in [2.05, 4.69) is 34.5 Å². The van der Waals surface area contributed by atoms with Crippen molar-refractivity contribution in [2.75, 3.05) is 27.3 Å². The normalized spacial score (nSPS) is 12.0. The van der Waals surface area contributed by atoms with Gasteiger partial charge in [0.05, 0.1) is 18.3 Å². The molecule has 0 unspecified atom stereocenters. The van der Waals surface area contributed by atoms with Crippen molar-refractivity contribution in [1.82, 2.24) is 25.0 Å². The number of hydrogen-bond acceptors (Lipinski definition) is 4. The Balaban J connectivity index is 1.99. The van der Waals surface area contributed by atoms with Crippen LogP contribution >= 0.6 is 12.2 Å². The van der Waals surface area contributed by atoms with Crippen molar-refractivity contribution in [2.45, 2.75) is 13.0 Å². The van der Waals surface area contributed by atoms with Gasteiger partial charge < -0.3 is 15.0 Å². The van der Waals surface area contributed by atoms with Crippen LogP contribution < -0.4 is 5.32 Å². The molecule has 0 aliphatic carbocycles. The monoisotopic (exact) mass is 319 g/mol. The van der Waals surface area contributed by atoms with Gasteiger partial charge in [0.2, 0.25) is 0 Å². The number of rotatable bonds is 6. The van der Waals surface area contributed by atoms with Gasteiger partial charge in [-0.1, -0.05) is 12.1 Å². The lowest BCUT2D eigenvalue weighted by atomic mass is 10.1. The lowest BCUT2D eigenvalue weighted by Crippen LogP contribution is -2.39. The van der Waals surface area contributed by atoms with E-state index in [9.17, 15) is 0 Å². The van der Waals surface area contributed by atoms with E-state index in [0.717, 1.165) is 5.69 Å². The number of hydrogen-bond donors (Lipinski definition) is 1. The van der Waals surface area contributed by atoms with Gasteiger partial charge in [0.1, 0.15) is 12.7 Å². The molecule has 2 rings (SSSR count). The Labute approximate surface area is 136 Å². The van der Waals surface area contributed by atoms with E-state index < -0.39 is 0 Å². The first-order valence-electron chi connectivity index (χ1n) is 7.08. The van der Waals surface area contributed by atoms with Gasteiger partial charge in [-0.2, -0.15) is 5.10 Å². The lowest BCUT2D eigenvalue weighted by Gasteiger charge is -2.28. The maximum absolute atomic E-state index is 5.39. The molecule has 0 aliphatic rings. The first kappa shape index (κ1) is 16.4. The highest BCUT2D eigenvalue weighted by Gasteiger charge is 2.14. The second kappa shape index (κ2) is 7.86. The van der Waals surface area contributed by atoms with Crippen LogP contribution in [0.4, 0.5) is 0 Å². The summed E-state index contributed by atoms with van der Waals surface area (Å²) in [5.41, 5.74) is 2.17. The summed E-state index contributed by atoms with van der Waals surface area (Å²) in [5, 5.41) is 8.01. The predicted molar refractivity (Wildman–Crippen MR) is 90.0 cm³/mol. The molecule has 0 saturated heterocycles. The van der Waals surface area contributed by atoms with Crippen LogP contribution in [0, 0.1) is 0 Å². The summed E-state index contributed by atoms with van der Waals surface area (Å²) >= 11 is 5.39. The van der Waals surface area contributed by atoms with Crippen LogP contribution in [-0.2, 0) is 4.74 Å². The topological polar surface area (TPSA) is 55.2 Å². The average Bonchev–Trinajstić information content (AvgIpc) is 3.08. The molecule has 1 atom stereocenters. The minimum atomic E-state index is 0.173. The SMILES string of the molecule is COCCNC(=S)N(C)[C@@H](C)c1ccc(-n2cncn2)cc1. The predicted octanol–water partition coefficient (Wildman–Crippen LogP) is 1.78. The quantitative estimate of drug-likeness (QED) is 0.647. The lowest BCUT2D eigenvalue weighted by molar-refractivity contribution is 0.202. The van der Waals surface area contributed by atoms with Gasteiger partial charge in [0.25, 0.3) is 0 Å². The Morgan fingerprint density at radius 3 is 2.73 bits per heavy atom. The molecular weight excluding hydrogens is 298 g/mol. The zero-order valence-corrected chi connectivity index (χ0v) is 13.9. The molecule has 1 aromatic heterocycles. The number of ether oxygens (including phenoxy) is 1. The highest BCUT2D eigenvalue weighted by atomic mass is 32.1. The zero-order chi connectivity index (χ0) is 15.9. The second-order valence-corrected chi connectivity index (χ2v) is 5.33. The maximum Gasteiger partial charge on any atom is 0.169 e. The van der Waals surface area contributed by atoms with E-state index in [4.69, 9.17) is 17.0 Å². The number of nitrogens with zero attached hydrogens (tertiary/aromatic N) is 4. The summed E-state index contributed by atoms with van der Waals surface area (Å²) in [5.74, 6) is 0. The van der Waals surface area contributed by atoms with Gasteiger partial charge in [-0.05, 0) is 36.8 Å². The Bertz CT molecular complexity index is 584. The molecule has 0 amide bonds. The van der Waals surface area contributed by atoms with Crippen molar-refractivity contribution in [3.8, 4) is 5.69 Å². The molecule has 22 heavy (non-hydrogen) atoms. The first-order valence-corrected chi connectivity index (χ1v) is 7.49. The number of thiocarbonyl (C=S) groups is 1. The highest BCUT2D eigenvalue weighted by Crippen LogP contribution is 2.20. The molecule has 0 spiro atoms. The summed E-state index contributed by atoms with van der Waals surface area (Å²) < 4.78 is 6.74. The summed E-state index contributed by atoms with van der Waals surface area (Å²) in [6.07, 6.45) is 3.20. The smallest absolute Gasteiger partial charge is 0.169 e. The number of methoxy groups -OCH3 is 1. The van der Waals surface area contributed by atoms with Crippen molar-refractivity contribution in [1.29, 1.82) is 0 Å². The van der Waals surface area contributed by atoms with Crippen molar-refractivity contribution in [3.05, 3.63) is 42.5 Å². The van der Waals surface area contributed by atoms with E-state index in [1.54, 1.807) is 18.1 Å². The minimum absolute atomic E-state index is 0.173. The third-order valence-electron chi connectivity index (χ3n) is 3.54. The highest BCUT2D eigenvalue weighted by molar-refractivity contribution is 7.80. The Kier molecular flexibility index (Phi) is 5.85. The fourth-order valence-corrected chi connectivity index (χ4v) is 2.29. The van der Waals surface area contributed by atoms with Gasteiger partial charge in [-0.3, -0.25) is 0 Å². The molecular formula is C15H21N5OS. The fraction of sp³-hybridized carbons (Fsp3) is 0.400. The molecule has 1 aromatic carbocycles. The summed E-state index contributed by atoms with van der Waals surface area (Å²) in [7, 11) is 3.66. The van der Waals surface area contributed by atoms with E-state index in [-0.39, 0.29) is 6.04 Å². The number of benzene rings is 1. The summed E-state index contributed by atoms with van der Waals surface area (Å²) in [4.78, 5) is 5.99. The van der Waals surface area contributed by atoms with Crippen molar-refractivity contribution in [3.63, 3.8) is 0 Å². The van der Waals surface area contributed by atoms with Gasteiger partial charge in [-0.15, -0.1) is 0 Å². The molecule has 7 heteroatoms. The zero-order valence-electron chi connectivity index (χ0n) is 13.1. The molecule has 118 valence electrons. The molecule has 0 bridgehead atoms. The van der Waals surface area contributed by atoms with Crippen LogP contribution in [0.25, 0.3) is 5.69 Å². The van der Waals surface area contributed by atoms with Crippen molar-refractivity contribution < 1.29 is 4.74 Å². The standard InChI is InChI=1S/C15H21N5OS/c1-12(19(2)15(22)17-8-9-21-3)13-4-6-14(7-5-13)20-11-16-10-18-20/h4-7,10-12H,8-9H2,1-3H3,(H,17,22)/t12-/m0/s1. The van der Waals surface area contributed by atoms with Crippen molar-refractivity contribution in [2.24, 2.45) is 0 Å². The van der Waals surface area contributed by atoms with Crippen LogP contribution in [0.3, 0.4) is 0 Å². The molecule has 1 N–H and O–H groups in total. The van der Waals surface area contributed by atoms with Gasteiger partial charge >= 0.3 is 0 Å². The van der Waals surface area contributed by atoms with Crippen LogP contribution in [0.15, 0.2) is 36.9 Å². The van der Waals surface area contributed by atoms with Crippen LogP contribution in [0.2, 0.25) is 0 Å². The largest absolute Gasteiger partial charge is 0.383 e. The molecule has 0 aliphatic heterocycles. The second-order valence-electron chi connectivity index (χ2n) is 4.94. The molecule has 0 saturated carbocycles. The van der Waals surface area contributed by atoms with Crippen LogP contribution in [0.1, 0.15) is 18.5 Å². The Morgan fingerprint density at radius 1 is 1.41 bits per heavy atom. The Hall–Kier alpha value is -1.99. The minimum Gasteiger partial charge on any atom is -0.383 e. The molecule has 0 fully saturated rings. The summed E-state index contributed by atoms with van der Waals surface area (Å²) in [6.45, 7) is 3.46. The van der Waals surface area contributed by atoms with E-state index in [1.807, 2.05) is 24.1 Å². The molecule has 2 aromatic rings. The van der Waals surface area contributed by atoms with Crippen LogP contribution in [0.5, 0.6) is 0 Å².